The smallest absolute Gasteiger partial charge is 0.193 e. The van der Waals surface area contributed by atoms with Gasteiger partial charge in [-0.15, -0.1) is 0 Å². The molecular weight excluding hydrogens is 396 g/mol. The predicted octanol–water partition coefficient (Wildman–Crippen LogP) is 5.36. The molecule has 0 unspecified atom stereocenters. The van der Waals surface area contributed by atoms with Crippen LogP contribution in [-0.2, 0) is 18.4 Å². The van der Waals surface area contributed by atoms with Crippen molar-refractivity contribution < 1.29 is 18.4 Å². The van der Waals surface area contributed by atoms with Crippen molar-refractivity contribution in [1.29, 1.82) is 0 Å². The molecule has 4 nitrogen and oxygen atoms in total. The van der Waals surface area contributed by atoms with Gasteiger partial charge in [0.2, 0.25) is 0 Å². The summed E-state index contributed by atoms with van der Waals surface area (Å²) in [6, 6.07) is 0. The Kier molecular flexibility index (Phi) is 5.55. The number of carbonyl (C=O) groups excluding carboxylic acids is 2. The maximum atomic E-state index is 13.7. The lowest BCUT2D eigenvalue weighted by atomic mass is 9.70. The van der Waals surface area contributed by atoms with Crippen LogP contribution in [0.3, 0.4) is 0 Å². The Morgan fingerprint density at radius 3 is 1.31 bits per heavy atom. The van der Waals surface area contributed by atoms with E-state index in [9.17, 15) is 9.59 Å². The van der Waals surface area contributed by atoms with E-state index < -0.39 is 28.8 Å². The average molecular weight is 437 g/mol. The SMILES string of the molecule is CC(C)(C)[Si](C)(C)O[C@H]1C(=O)[C@@H]2[C@H](C(=O)[C@@H]1O[Si](C)(C)C(C)(C)C)[C@@H]1C=C[C@H]2C1. The quantitative estimate of drug-likeness (QED) is 0.440. The molecule has 0 spiro atoms. The van der Waals surface area contributed by atoms with Crippen LogP contribution in [0.5, 0.6) is 0 Å². The third kappa shape index (κ3) is 3.79. The van der Waals surface area contributed by atoms with Gasteiger partial charge >= 0.3 is 0 Å². The molecule has 0 saturated heterocycles. The Labute approximate surface area is 179 Å². The Morgan fingerprint density at radius 2 is 1.03 bits per heavy atom. The first-order chi connectivity index (χ1) is 13.0. The molecule has 2 saturated carbocycles. The lowest BCUT2D eigenvalue weighted by molar-refractivity contribution is -0.157. The van der Waals surface area contributed by atoms with Gasteiger partial charge in [0.1, 0.15) is 12.2 Å². The van der Waals surface area contributed by atoms with Crippen LogP contribution >= 0.6 is 0 Å². The van der Waals surface area contributed by atoms with Crippen LogP contribution in [0.1, 0.15) is 48.0 Å². The summed E-state index contributed by atoms with van der Waals surface area (Å²) in [5, 5.41) is -0.0768. The highest BCUT2D eigenvalue weighted by Crippen LogP contribution is 2.53. The van der Waals surface area contributed by atoms with E-state index in [-0.39, 0.29) is 45.3 Å². The van der Waals surface area contributed by atoms with Gasteiger partial charge in [0, 0.05) is 11.8 Å². The molecule has 3 rings (SSSR count). The van der Waals surface area contributed by atoms with Crippen LogP contribution in [0.4, 0.5) is 0 Å². The second-order valence-corrected chi connectivity index (χ2v) is 21.9. The molecule has 2 fully saturated rings. The summed E-state index contributed by atoms with van der Waals surface area (Å²) < 4.78 is 13.3. The van der Waals surface area contributed by atoms with Gasteiger partial charge in [-0.25, -0.2) is 0 Å². The van der Waals surface area contributed by atoms with Crippen molar-refractivity contribution in [2.75, 3.05) is 0 Å². The molecule has 3 aliphatic carbocycles. The van der Waals surface area contributed by atoms with Crippen LogP contribution in [0.2, 0.25) is 36.3 Å². The van der Waals surface area contributed by atoms with Gasteiger partial charge in [0.15, 0.2) is 28.2 Å². The van der Waals surface area contributed by atoms with E-state index in [2.05, 4.69) is 79.9 Å². The van der Waals surface area contributed by atoms with E-state index in [0.29, 0.717) is 0 Å². The minimum absolute atomic E-state index is 0.0384. The standard InChI is InChI=1S/C23H40O4Si2/c1-22(2,3)28(7,8)26-20-18(24)16-14-11-12-15(13-14)17(16)19(25)21(20)27-29(9,10)23(4,5)6/h11-12,14-17,20-21H,13H2,1-10H3/t14-,15+,16-,17+,20-,21-/m0/s1. The monoisotopic (exact) mass is 436 g/mol. The minimum Gasteiger partial charge on any atom is -0.404 e. The average Bonchev–Trinajstić information content (AvgIpc) is 3.14. The van der Waals surface area contributed by atoms with Crippen molar-refractivity contribution >= 4 is 28.2 Å². The fraction of sp³-hybridized carbons (Fsp3) is 0.826. The maximum absolute atomic E-state index is 13.7. The fourth-order valence-electron chi connectivity index (χ4n) is 4.50. The number of fused-ring (bicyclic) bond motifs is 5. The molecule has 0 aliphatic heterocycles. The first-order valence-electron chi connectivity index (χ1n) is 11.1. The van der Waals surface area contributed by atoms with Gasteiger partial charge in [0.05, 0.1) is 0 Å². The van der Waals surface area contributed by atoms with Crippen LogP contribution in [0.25, 0.3) is 0 Å². The molecule has 0 aromatic rings. The number of carbonyl (C=O) groups is 2. The zero-order chi connectivity index (χ0) is 22.2. The van der Waals surface area contributed by atoms with Gasteiger partial charge in [-0.3, -0.25) is 9.59 Å². The largest absolute Gasteiger partial charge is 0.404 e. The third-order valence-corrected chi connectivity index (χ3v) is 17.3. The van der Waals surface area contributed by atoms with Crippen molar-refractivity contribution in [2.24, 2.45) is 23.7 Å². The van der Waals surface area contributed by atoms with Crippen molar-refractivity contribution in [3.05, 3.63) is 12.2 Å². The number of allylic oxidation sites excluding steroid dienone is 2. The summed E-state index contributed by atoms with van der Waals surface area (Å²) in [6.45, 7) is 21.6. The van der Waals surface area contributed by atoms with Crippen molar-refractivity contribution in [1.82, 2.24) is 0 Å². The first-order valence-corrected chi connectivity index (χ1v) is 16.9. The van der Waals surface area contributed by atoms with Gasteiger partial charge in [-0.2, -0.15) is 0 Å². The molecule has 29 heavy (non-hydrogen) atoms. The number of hydrogen-bond acceptors (Lipinski definition) is 4. The normalized spacial score (nSPS) is 35.4. The van der Waals surface area contributed by atoms with Gasteiger partial charge in [-0.05, 0) is 54.5 Å². The second-order valence-electron chi connectivity index (χ2n) is 12.4. The van der Waals surface area contributed by atoms with E-state index in [1.165, 1.54) is 0 Å². The maximum Gasteiger partial charge on any atom is 0.193 e. The predicted molar refractivity (Wildman–Crippen MR) is 122 cm³/mol. The molecule has 0 aromatic carbocycles. The number of rotatable bonds is 4. The first kappa shape index (κ1) is 23.1. The molecule has 0 aromatic heterocycles. The summed E-state index contributed by atoms with van der Waals surface area (Å²) >= 11 is 0. The molecule has 2 bridgehead atoms. The molecule has 0 amide bonds. The summed E-state index contributed by atoms with van der Waals surface area (Å²) in [7, 11) is -4.49. The van der Waals surface area contributed by atoms with Crippen LogP contribution < -0.4 is 0 Å². The van der Waals surface area contributed by atoms with E-state index in [4.69, 9.17) is 8.85 Å². The zero-order valence-electron chi connectivity index (χ0n) is 20.0. The highest BCUT2D eigenvalue weighted by molar-refractivity contribution is 6.75. The van der Waals surface area contributed by atoms with Crippen LogP contribution in [0, 0.1) is 23.7 Å². The zero-order valence-corrected chi connectivity index (χ0v) is 22.0. The Hall–Kier alpha value is -0.566. The fourth-order valence-corrected chi connectivity index (χ4v) is 6.96. The van der Waals surface area contributed by atoms with E-state index in [1.54, 1.807) is 0 Å². The molecular formula is C23H40O4Si2. The Morgan fingerprint density at radius 1 is 0.724 bits per heavy atom. The van der Waals surface area contributed by atoms with Gasteiger partial charge in [0.25, 0.3) is 0 Å². The Balaban J connectivity index is 2.00. The van der Waals surface area contributed by atoms with Crippen molar-refractivity contribution in [2.45, 2.75) is 96.4 Å². The molecule has 3 aliphatic rings. The van der Waals surface area contributed by atoms with Crippen LogP contribution in [-0.4, -0.2) is 40.4 Å². The van der Waals surface area contributed by atoms with Crippen molar-refractivity contribution in [3.8, 4) is 0 Å². The molecule has 0 radical (unpaired) electrons. The number of Topliss-reactive ketones (excluding diaryl/α,β-unsaturated/α-hetero) is 2. The third-order valence-electron chi connectivity index (χ3n) is 8.41. The van der Waals surface area contributed by atoms with E-state index in [0.717, 1.165) is 6.42 Å². The molecule has 0 N–H and O–H groups in total. The number of ketones is 2. The summed E-state index contributed by atoms with van der Waals surface area (Å²) in [5.74, 6) is 0.180. The molecule has 6 atom stereocenters. The topological polar surface area (TPSA) is 52.6 Å². The van der Waals surface area contributed by atoms with E-state index >= 15 is 0 Å². The molecule has 0 heterocycles. The lowest BCUT2D eigenvalue weighted by Crippen LogP contribution is -2.63. The van der Waals surface area contributed by atoms with E-state index in [1.807, 2.05) is 0 Å². The van der Waals surface area contributed by atoms with Gasteiger partial charge < -0.3 is 8.85 Å². The summed E-state index contributed by atoms with van der Waals surface area (Å²) in [6.07, 6.45) is 3.70. The second kappa shape index (κ2) is 6.97. The van der Waals surface area contributed by atoms with Gasteiger partial charge in [-0.1, -0.05) is 53.7 Å². The summed E-state index contributed by atoms with van der Waals surface area (Å²) in [4.78, 5) is 27.5. The highest BCUT2D eigenvalue weighted by atomic mass is 28.4. The van der Waals surface area contributed by atoms with Crippen molar-refractivity contribution in [3.63, 3.8) is 0 Å². The molecule has 6 heteroatoms. The highest BCUT2D eigenvalue weighted by Gasteiger charge is 2.62. The minimum atomic E-state index is -2.25. The van der Waals surface area contributed by atoms with Crippen LogP contribution in [0.15, 0.2) is 12.2 Å². The lowest BCUT2D eigenvalue weighted by Gasteiger charge is -2.48. The summed E-state index contributed by atoms with van der Waals surface area (Å²) in [5.41, 5.74) is 0. The Bertz CT molecular complexity index is 666. The molecule has 164 valence electrons. The number of hydrogen-bond donors (Lipinski definition) is 0.